The van der Waals surface area contributed by atoms with E-state index in [1.807, 2.05) is 36.4 Å². The lowest BCUT2D eigenvalue weighted by atomic mass is 10.0. The van der Waals surface area contributed by atoms with E-state index in [1.54, 1.807) is 26.8 Å². The fourth-order valence-corrected chi connectivity index (χ4v) is 2.09. The summed E-state index contributed by atoms with van der Waals surface area (Å²) in [6.07, 6.45) is 0. The van der Waals surface area contributed by atoms with Crippen molar-refractivity contribution in [2.24, 2.45) is 0 Å². The third-order valence-corrected chi connectivity index (χ3v) is 3.28. The normalized spacial score (nSPS) is 11.1. The number of rotatable bonds is 5. The van der Waals surface area contributed by atoms with Gasteiger partial charge in [-0.25, -0.2) is 9.59 Å². The number of benzene rings is 2. The molecule has 0 heterocycles. The second kappa shape index (κ2) is 6.65. The molecule has 23 heavy (non-hydrogen) atoms. The molecule has 0 unspecified atom stereocenters. The SMILES string of the molecule is C=C(C)C(=O)OC(C)(C)COC(=O)c1cccc2ccccc12. The van der Waals surface area contributed by atoms with Crippen molar-refractivity contribution in [3.8, 4) is 0 Å². The lowest BCUT2D eigenvalue weighted by Crippen LogP contribution is -2.34. The summed E-state index contributed by atoms with van der Waals surface area (Å²) in [4.78, 5) is 23.9. The molecule has 120 valence electrons. The first-order chi connectivity index (χ1) is 10.8. The van der Waals surface area contributed by atoms with Crippen LogP contribution in [-0.2, 0) is 14.3 Å². The van der Waals surface area contributed by atoms with Crippen LogP contribution in [0.5, 0.6) is 0 Å². The summed E-state index contributed by atoms with van der Waals surface area (Å²) in [6.45, 7) is 8.44. The van der Waals surface area contributed by atoms with E-state index in [-0.39, 0.29) is 6.61 Å². The lowest BCUT2D eigenvalue weighted by molar-refractivity contribution is -0.155. The summed E-state index contributed by atoms with van der Waals surface area (Å²) < 4.78 is 10.6. The molecule has 4 heteroatoms. The highest BCUT2D eigenvalue weighted by Crippen LogP contribution is 2.20. The minimum absolute atomic E-state index is 0.0337. The molecule has 0 fully saturated rings. The molecule has 0 N–H and O–H groups in total. The Balaban J connectivity index is 2.10. The molecule has 0 radical (unpaired) electrons. The zero-order valence-corrected chi connectivity index (χ0v) is 13.6. The number of ether oxygens (including phenoxy) is 2. The monoisotopic (exact) mass is 312 g/mol. The maximum atomic E-state index is 12.3. The summed E-state index contributed by atoms with van der Waals surface area (Å²) >= 11 is 0. The predicted molar refractivity (Wildman–Crippen MR) is 89.2 cm³/mol. The molecule has 0 aliphatic carbocycles. The standard InChI is InChI=1S/C19H20O4/c1-13(2)17(20)23-19(3,4)12-22-18(21)16-11-7-9-14-8-5-6-10-15(14)16/h5-11H,1,12H2,2-4H3. The Labute approximate surface area is 135 Å². The Bertz CT molecular complexity index is 754. The van der Waals surface area contributed by atoms with Crippen LogP contribution in [0.4, 0.5) is 0 Å². The van der Waals surface area contributed by atoms with Crippen LogP contribution >= 0.6 is 0 Å². The van der Waals surface area contributed by atoms with Crippen molar-refractivity contribution >= 4 is 22.7 Å². The van der Waals surface area contributed by atoms with Gasteiger partial charge >= 0.3 is 11.9 Å². The summed E-state index contributed by atoms with van der Waals surface area (Å²) in [7, 11) is 0. The van der Waals surface area contributed by atoms with E-state index in [0.717, 1.165) is 10.8 Å². The fourth-order valence-electron chi connectivity index (χ4n) is 2.09. The van der Waals surface area contributed by atoms with E-state index in [1.165, 1.54) is 0 Å². The highest BCUT2D eigenvalue weighted by atomic mass is 16.6. The van der Waals surface area contributed by atoms with Crippen molar-refractivity contribution < 1.29 is 19.1 Å². The van der Waals surface area contributed by atoms with Gasteiger partial charge in [-0.3, -0.25) is 0 Å². The number of esters is 2. The summed E-state index contributed by atoms with van der Waals surface area (Å²) in [5.74, 6) is -0.947. The van der Waals surface area contributed by atoms with Gasteiger partial charge in [0.15, 0.2) is 0 Å². The van der Waals surface area contributed by atoms with Gasteiger partial charge in [-0.05, 0) is 37.6 Å². The predicted octanol–water partition coefficient (Wildman–Crippen LogP) is 3.89. The minimum atomic E-state index is -0.920. The van der Waals surface area contributed by atoms with Gasteiger partial charge in [-0.2, -0.15) is 0 Å². The Morgan fingerprint density at radius 2 is 1.74 bits per heavy atom. The lowest BCUT2D eigenvalue weighted by Gasteiger charge is -2.24. The molecule has 0 saturated heterocycles. The molecular weight excluding hydrogens is 292 g/mol. The minimum Gasteiger partial charge on any atom is -0.458 e. The molecule has 0 saturated carbocycles. The van der Waals surface area contributed by atoms with E-state index in [9.17, 15) is 9.59 Å². The van der Waals surface area contributed by atoms with Gasteiger partial charge in [-0.15, -0.1) is 0 Å². The Kier molecular flexibility index (Phi) is 4.84. The third-order valence-electron chi connectivity index (χ3n) is 3.28. The molecule has 2 aromatic carbocycles. The summed E-state index contributed by atoms with van der Waals surface area (Å²) in [5, 5.41) is 1.80. The summed E-state index contributed by atoms with van der Waals surface area (Å²) in [5.41, 5.74) is -0.125. The molecule has 0 aliphatic heterocycles. The van der Waals surface area contributed by atoms with Gasteiger partial charge in [0.05, 0.1) is 5.56 Å². The second-order valence-electron chi connectivity index (χ2n) is 6.03. The number of fused-ring (bicyclic) bond motifs is 1. The van der Waals surface area contributed by atoms with Crippen LogP contribution in [0, 0.1) is 0 Å². The highest BCUT2D eigenvalue weighted by molar-refractivity contribution is 6.04. The van der Waals surface area contributed by atoms with E-state index >= 15 is 0 Å². The Morgan fingerprint density at radius 1 is 1.09 bits per heavy atom. The quantitative estimate of drug-likeness (QED) is 0.621. The smallest absolute Gasteiger partial charge is 0.338 e. The Morgan fingerprint density at radius 3 is 2.43 bits per heavy atom. The maximum Gasteiger partial charge on any atom is 0.338 e. The van der Waals surface area contributed by atoms with Gasteiger partial charge in [0.25, 0.3) is 0 Å². The number of hydrogen-bond donors (Lipinski definition) is 0. The van der Waals surface area contributed by atoms with Crippen LogP contribution in [0.15, 0.2) is 54.6 Å². The van der Waals surface area contributed by atoms with Gasteiger partial charge < -0.3 is 9.47 Å². The van der Waals surface area contributed by atoms with Crippen molar-refractivity contribution in [2.75, 3.05) is 6.61 Å². The van der Waals surface area contributed by atoms with Gasteiger partial charge in [0, 0.05) is 5.57 Å². The van der Waals surface area contributed by atoms with E-state index in [2.05, 4.69) is 6.58 Å². The van der Waals surface area contributed by atoms with Crippen molar-refractivity contribution in [3.63, 3.8) is 0 Å². The highest BCUT2D eigenvalue weighted by Gasteiger charge is 2.26. The Hall–Kier alpha value is -2.62. The number of hydrogen-bond acceptors (Lipinski definition) is 4. The van der Waals surface area contributed by atoms with Crippen molar-refractivity contribution in [1.29, 1.82) is 0 Å². The zero-order chi connectivity index (χ0) is 17.0. The average molecular weight is 312 g/mol. The van der Waals surface area contributed by atoms with Crippen molar-refractivity contribution in [1.82, 2.24) is 0 Å². The molecular formula is C19H20O4. The van der Waals surface area contributed by atoms with Gasteiger partial charge in [-0.1, -0.05) is 43.0 Å². The molecule has 4 nitrogen and oxygen atoms in total. The molecule has 2 aromatic rings. The van der Waals surface area contributed by atoms with Crippen LogP contribution in [-0.4, -0.2) is 24.1 Å². The molecule has 2 rings (SSSR count). The second-order valence-corrected chi connectivity index (χ2v) is 6.03. The first-order valence-corrected chi connectivity index (χ1v) is 7.34. The molecule has 0 amide bonds. The van der Waals surface area contributed by atoms with Crippen molar-refractivity contribution in [3.05, 3.63) is 60.2 Å². The third kappa shape index (κ3) is 4.19. The van der Waals surface area contributed by atoms with Gasteiger partial charge in [0.2, 0.25) is 0 Å². The number of carbonyl (C=O) groups excluding carboxylic acids is 2. The van der Waals surface area contributed by atoms with Crippen LogP contribution < -0.4 is 0 Å². The van der Waals surface area contributed by atoms with Crippen LogP contribution in [0.3, 0.4) is 0 Å². The van der Waals surface area contributed by atoms with Crippen molar-refractivity contribution in [2.45, 2.75) is 26.4 Å². The first-order valence-electron chi connectivity index (χ1n) is 7.34. The summed E-state index contributed by atoms with van der Waals surface area (Å²) in [6, 6.07) is 13.1. The average Bonchev–Trinajstić information content (AvgIpc) is 2.51. The first kappa shape index (κ1) is 16.7. The van der Waals surface area contributed by atoms with Crippen LogP contribution in [0.2, 0.25) is 0 Å². The number of carbonyl (C=O) groups is 2. The van der Waals surface area contributed by atoms with E-state index in [4.69, 9.17) is 9.47 Å². The fraction of sp³-hybridized carbons (Fsp3) is 0.263. The van der Waals surface area contributed by atoms with Gasteiger partial charge in [0.1, 0.15) is 12.2 Å². The molecule has 0 aliphatic rings. The van der Waals surface area contributed by atoms with Crippen LogP contribution in [0.25, 0.3) is 10.8 Å². The van der Waals surface area contributed by atoms with E-state index < -0.39 is 17.5 Å². The molecule has 0 aromatic heterocycles. The zero-order valence-electron chi connectivity index (χ0n) is 13.6. The van der Waals surface area contributed by atoms with Crippen LogP contribution in [0.1, 0.15) is 31.1 Å². The van der Waals surface area contributed by atoms with E-state index in [0.29, 0.717) is 11.1 Å². The molecule has 0 atom stereocenters. The molecule has 0 spiro atoms. The molecule has 0 bridgehead atoms. The maximum absolute atomic E-state index is 12.3. The largest absolute Gasteiger partial charge is 0.458 e. The topological polar surface area (TPSA) is 52.6 Å².